The van der Waals surface area contributed by atoms with Crippen LogP contribution in [0.3, 0.4) is 0 Å². The van der Waals surface area contributed by atoms with Crippen LogP contribution < -0.4 is 0 Å². The number of carbonyl (C=O) groups is 1. The van der Waals surface area contributed by atoms with Gasteiger partial charge in [0, 0.05) is 18.0 Å². The molecule has 0 aliphatic rings. The Morgan fingerprint density at radius 2 is 2.08 bits per heavy atom. The first-order chi connectivity index (χ1) is 12.7. The van der Waals surface area contributed by atoms with E-state index in [-0.39, 0.29) is 17.6 Å². The Balaban J connectivity index is 1.60. The van der Waals surface area contributed by atoms with Gasteiger partial charge in [-0.25, -0.2) is 9.18 Å². The Morgan fingerprint density at radius 3 is 2.77 bits per heavy atom. The van der Waals surface area contributed by atoms with E-state index in [4.69, 9.17) is 4.74 Å². The number of aromatic nitrogens is 3. The standard InChI is InChI=1S/C20H20FN3O2/c1-2-17(10-5-14-4-3-11-22-13-14)26-20(25)19-12-18(23-24-19)15-6-8-16(21)9-7-15/h3-4,6-9,11-13,17H,2,5,10H2,1H3,(H,23,24). The van der Waals surface area contributed by atoms with E-state index < -0.39 is 5.97 Å². The van der Waals surface area contributed by atoms with Crippen LogP contribution in [0.5, 0.6) is 0 Å². The van der Waals surface area contributed by atoms with Crippen LogP contribution in [0.1, 0.15) is 35.8 Å². The lowest BCUT2D eigenvalue weighted by Crippen LogP contribution is -2.18. The minimum absolute atomic E-state index is 0.180. The maximum absolute atomic E-state index is 13.0. The Kier molecular flexibility index (Phi) is 5.73. The average Bonchev–Trinajstić information content (AvgIpc) is 3.16. The zero-order chi connectivity index (χ0) is 18.4. The fourth-order valence-electron chi connectivity index (χ4n) is 2.63. The summed E-state index contributed by atoms with van der Waals surface area (Å²) in [5, 5.41) is 6.80. The van der Waals surface area contributed by atoms with Crippen molar-refractivity contribution in [3.8, 4) is 11.3 Å². The van der Waals surface area contributed by atoms with Gasteiger partial charge in [-0.15, -0.1) is 0 Å². The van der Waals surface area contributed by atoms with Crippen molar-refractivity contribution in [1.82, 2.24) is 15.2 Å². The molecule has 0 fully saturated rings. The van der Waals surface area contributed by atoms with Gasteiger partial charge in [0.2, 0.25) is 0 Å². The first-order valence-corrected chi connectivity index (χ1v) is 8.57. The van der Waals surface area contributed by atoms with Gasteiger partial charge in [-0.2, -0.15) is 5.10 Å². The minimum Gasteiger partial charge on any atom is -0.458 e. The molecule has 6 heteroatoms. The lowest BCUT2D eigenvalue weighted by atomic mass is 10.1. The predicted molar refractivity (Wildman–Crippen MR) is 96.0 cm³/mol. The number of hydrogen-bond donors (Lipinski definition) is 1. The zero-order valence-electron chi connectivity index (χ0n) is 14.5. The highest BCUT2D eigenvalue weighted by Crippen LogP contribution is 2.19. The summed E-state index contributed by atoms with van der Waals surface area (Å²) in [5.74, 6) is -0.757. The van der Waals surface area contributed by atoms with E-state index in [0.29, 0.717) is 5.69 Å². The Bertz CT molecular complexity index is 847. The fraction of sp³-hybridized carbons (Fsp3) is 0.250. The van der Waals surface area contributed by atoms with Crippen molar-refractivity contribution >= 4 is 5.97 Å². The molecule has 26 heavy (non-hydrogen) atoms. The lowest BCUT2D eigenvalue weighted by molar-refractivity contribution is 0.0267. The molecule has 0 aliphatic heterocycles. The third kappa shape index (κ3) is 4.53. The normalized spacial score (nSPS) is 11.9. The molecular weight excluding hydrogens is 333 g/mol. The van der Waals surface area contributed by atoms with Crippen molar-refractivity contribution in [3.63, 3.8) is 0 Å². The molecule has 1 unspecified atom stereocenters. The lowest BCUT2D eigenvalue weighted by Gasteiger charge is -2.15. The van der Waals surface area contributed by atoms with Crippen LogP contribution in [0, 0.1) is 5.82 Å². The minimum atomic E-state index is -0.441. The summed E-state index contributed by atoms with van der Waals surface area (Å²) >= 11 is 0. The van der Waals surface area contributed by atoms with Gasteiger partial charge in [0.15, 0.2) is 0 Å². The highest BCUT2D eigenvalue weighted by molar-refractivity contribution is 5.88. The summed E-state index contributed by atoms with van der Waals surface area (Å²) in [6.07, 6.45) is 5.62. The van der Waals surface area contributed by atoms with Crippen LogP contribution in [0.4, 0.5) is 4.39 Å². The molecule has 0 aliphatic carbocycles. The number of aromatic amines is 1. The van der Waals surface area contributed by atoms with E-state index in [1.165, 1.54) is 12.1 Å². The maximum atomic E-state index is 13.0. The van der Waals surface area contributed by atoms with Crippen LogP contribution >= 0.6 is 0 Å². The van der Waals surface area contributed by atoms with Gasteiger partial charge < -0.3 is 4.74 Å². The summed E-state index contributed by atoms with van der Waals surface area (Å²) in [6, 6.07) is 11.5. The second-order valence-corrected chi connectivity index (χ2v) is 6.01. The molecule has 0 saturated carbocycles. The van der Waals surface area contributed by atoms with Crippen LogP contribution in [0.25, 0.3) is 11.3 Å². The molecule has 0 bridgehead atoms. The highest BCUT2D eigenvalue weighted by atomic mass is 19.1. The first kappa shape index (κ1) is 17.8. The summed E-state index contributed by atoms with van der Waals surface area (Å²) in [7, 11) is 0. The number of halogens is 1. The number of benzene rings is 1. The quantitative estimate of drug-likeness (QED) is 0.647. The van der Waals surface area contributed by atoms with Crippen LogP contribution in [-0.2, 0) is 11.2 Å². The zero-order valence-corrected chi connectivity index (χ0v) is 14.5. The van der Waals surface area contributed by atoms with Gasteiger partial charge in [-0.1, -0.05) is 13.0 Å². The van der Waals surface area contributed by atoms with Crippen molar-refractivity contribution < 1.29 is 13.9 Å². The maximum Gasteiger partial charge on any atom is 0.356 e. The summed E-state index contributed by atoms with van der Waals surface area (Å²) < 4.78 is 18.6. The number of H-pyrrole nitrogens is 1. The number of nitrogens with zero attached hydrogens (tertiary/aromatic N) is 2. The van der Waals surface area contributed by atoms with Crippen LogP contribution in [0.2, 0.25) is 0 Å². The van der Waals surface area contributed by atoms with Gasteiger partial charge in [0.25, 0.3) is 0 Å². The highest BCUT2D eigenvalue weighted by Gasteiger charge is 2.17. The smallest absolute Gasteiger partial charge is 0.356 e. The molecule has 5 nitrogen and oxygen atoms in total. The van der Waals surface area contributed by atoms with E-state index in [0.717, 1.165) is 30.4 Å². The molecule has 134 valence electrons. The number of carbonyl (C=O) groups excluding carboxylic acids is 1. The van der Waals surface area contributed by atoms with Crippen molar-refractivity contribution in [1.29, 1.82) is 0 Å². The average molecular weight is 353 g/mol. The topological polar surface area (TPSA) is 67.9 Å². The number of esters is 1. The monoisotopic (exact) mass is 353 g/mol. The van der Waals surface area contributed by atoms with Gasteiger partial charge in [-0.3, -0.25) is 10.1 Å². The molecule has 1 aromatic carbocycles. The molecule has 3 aromatic rings. The first-order valence-electron chi connectivity index (χ1n) is 8.57. The molecule has 0 amide bonds. The summed E-state index contributed by atoms with van der Waals surface area (Å²) in [6.45, 7) is 1.98. The SMILES string of the molecule is CCC(CCc1cccnc1)OC(=O)c1cc(-c2ccc(F)cc2)n[nH]1. The molecule has 0 spiro atoms. The van der Waals surface area contributed by atoms with Crippen LogP contribution in [-0.4, -0.2) is 27.3 Å². The van der Waals surface area contributed by atoms with E-state index in [2.05, 4.69) is 15.2 Å². The largest absolute Gasteiger partial charge is 0.458 e. The number of aryl methyl sites for hydroxylation is 1. The molecule has 3 rings (SSSR count). The molecule has 1 N–H and O–H groups in total. The fourth-order valence-corrected chi connectivity index (χ4v) is 2.63. The second-order valence-electron chi connectivity index (χ2n) is 6.01. The summed E-state index contributed by atoms with van der Waals surface area (Å²) in [4.78, 5) is 16.4. The summed E-state index contributed by atoms with van der Waals surface area (Å²) in [5.41, 5.74) is 2.69. The molecule has 0 radical (unpaired) electrons. The Morgan fingerprint density at radius 1 is 1.27 bits per heavy atom. The van der Waals surface area contributed by atoms with E-state index in [1.807, 2.05) is 25.3 Å². The van der Waals surface area contributed by atoms with E-state index in [9.17, 15) is 9.18 Å². The molecule has 0 saturated heterocycles. The van der Waals surface area contributed by atoms with Crippen molar-refractivity contribution in [2.75, 3.05) is 0 Å². The molecular formula is C20H20FN3O2. The molecule has 1 atom stereocenters. The number of ether oxygens (including phenoxy) is 1. The van der Waals surface area contributed by atoms with Crippen molar-refractivity contribution in [2.45, 2.75) is 32.3 Å². The van der Waals surface area contributed by atoms with Crippen molar-refractivity contribution in [3.05, 3.63) is 71.9 Å². The van der Waals surface area contributed by atoms with Gasteiger partial charge in [0.05, 0.1) is 5.69 Å². The Labute approximate surface area is 151 Å². The number of pyridine rings is 1. The molecule has 2 heterocycles. The van der Waals surface area contributed by atoms with Gasteiger partial charge in [-0.05, 0) is 61.2 Å². The second kappa shape index (κ2) is 8.38. The van der Waals surface area contributed by atoms with Crippen molar-refractivity contribution in [2.24, 2.45) is 0 Å². The predicted octanol–water partition coefficient (Wildman–Crippen LogP) is 4.18. The number of rotatable bonds is 7. The molecule has 2 aromatic heterocycles. The van der Waals surface area contributed by atoms with Gasteiger partial charge in [0.1, 0.15) is 17.6 Å². The number of hydrogen-bond acceptors (Lipinski definition) is 4. The van der Waals surface area contributed by atoms with E-state index >= 15 is 0 Å². The van der Waals surface area contributed by atoms with Gasteiger partial charge >= 0.3 is 5.97 Å². The van der Waals surface area contributed by atoms with E-state index in [1.54, 1.807) is 24.4 Å². The van der Waals surface area contributed by atoms with Crippen LogP contribution in [0.15, 0.2) is 54.9 Å². The number of nitrogens with one attached hydrogen (secondary N) is 1. The third-order valence-electron chi connectivity index (χ3n) is 4.14. The Hall–Kier alpha value is -3.02. The third-order valence-corrected chi connectivity index (χ3v) is 4.14.